The van der Waals surface area contributed by atoms with Crippen molar-refractivity contribution in [3.63, 3.8) is 0 Å². The number of hydrogen-bond donors (Lipinski definition) is 5. The Labute approximate surface area is 474 Å². The number of amides is 1. The van der Waals surface area contributed by atoms with Crippen LogP contribution in [0, 0.1) is 23.7 Å². The SMILES string of the molecule is CC[C@H]1OC(=O)[C@H](C)C([C@H]2C[C@@](C)(OC)[C@@H](O)[C@H](C)O2)[C@H](C)[C@@H](O[C@@H]2O[C@H](C)C[C@H](N(C)C)[C@H]2O)[C@](C)(O)C[C@@H](C)CN(C(=O)CCCCCCC[PH](C2CCCCC2)(C2CCCCC2)C2CCCCC2)[C@H](C)[C@@H](O)[C@]1(C)O. The summed E-state index contributed by atoms with van der Waals surface area (Å²) in [5.41, 5.74) is -1.62. The van der Waals surface area contributed by atoms with Gasteiger partial charge in [-0.3, -0.25) is 4.79 Å². The van der Waals surface area contributed by atoms with Gasteiger partial charge in [0.25, 0.3) is 0 Å². The van der Waals surface area contributed by atoms with Gasteiger partial charge >= 0.3 is 242 Å². The van der Waals surface area contributed by atoms with Crippen molar-refractivity contribution in [2.24, 2.45) is 23.7 Å². The van der Waals surface area contributed by atoms with Crippen LogP contribution in [0.4, 0.5) is 0 Å². The van der Waals surface area contributed by atoms with E-state index < -0.39 is 103 Å². The van der Waals surface area contributed by atoms with Crippen LogP contribution in [0.2, 0.25) is 0 Å². The third-order valence-corrected chi connectivity index (χ3v) is 29.2. The standard InChI is InChI=1S/C63H117N2O12P/c1-14-52-63(10,72)56(68)45(6)65(53(66)35-27-16-15-17-28-36-78(47-29-21-18-22-30-47,48-31-23-19-24-32-48)49-33-25-20-26-34-49)40-41(2)38-61(8,71)58(77-60-55(67)50(64(11)12)37-42(3)74-60)43(4)54(44(5)59(70)76-52)51-39-62(9,73-13)57(69)46(7)75-51/h41-52,54-58,60,67-69,71-72,78H,14-40H2,1-13H3/t41-,42-,43+,44-,45-,46+,50+,51-,52-,54?,55-,56-,57+,58-,60+,61-,62-,63-/m1/s1. The monoisotopic (exact) mass is 1120 g/mol. The van der Waals surface area contributed by atoms with E-state index >= 15 is 0 Å². The number of esters is 1. The minimum Gasteiger partial charge on any atom is -0.383 e. The van der Waals surface area contributed by atoms with Crippen molar-refractivity contribution in [2.45, 2.75) is 331 Å². The zero-order valence-electron chi connectivity index (χ0n) is 51.5. The molecule has 456 valence electrons. The Balaban J connectivity index is 1.25. The fraction of sp³-hybridized carbons (Fsp3) is 0.968. The van der Waals surface area contributed by atoms with Crippen molar-refractivity contribution in [2.75, 3.05) is 33.9 Å². The molecule has 78 heavy (non-hydrogen) atoms. The molecule has 18 atom stereocenters. The molecule has 3 saturated heterocycles. The van der Waals surface area contributed by atoms with Crippen LogP contribution in [-0.4, -0.2) is 182 Å². The van der Waals surface area contributed by atoms with E-state index in [0.29, 0.717) is 12.8 Å². The molecule has 0 aromatic heterocycles. The van der Waals surface area contributed by atoms with Gasteiger partial charge in [0.2, 0.25) is 0 Å². The number of carbonyl (C=O) groups is 2. The topological polar surface area (TPSA) is 188 Å². The molecule has 6 fully saturated rings. The zero-order chi connectivity index (χ0) is 57.3. The fourth-order valence-electron chi connectivity index (χ4n) is 17.3. The van der Waals surface area contributed by atoms with E-state index in [2.05, 4.69) is 0 Å². The second-order valence-corrected chi connectivity index (χ2v) is 32.9. The van der Waals surface area contributed by atoms with Crippen LogP contribution < -0.4 is 0 Å². The summed E-state index contributed by atoms with van der Waals surface area (Å²) in [4.78, 5) is 33.3. The van der Waals surface area contributed by atoms with Crippen molar-refractivity contribution in [3.8, 4) is 0 Å². The van der Waals surface area contributed by atoms with Crippen LogP contribution in [0.5, 0.6) is 0 Å². The molecule has 15 heteroatoms. The number of aliphatic hydroxyl groups excluding tert-OH is 3. The Morgan fingerprint density at radius 2 is 1.29 bits per heavy atom. The first-order valence-electron chi connectivity index (χ1n) is 32.0. The predicted octanol–water partition coefficient (Wildman–Crippen LogP) is 10.2. The molecule has 3 aliphatic heterocycles. The molecule has 14 nitrogen and oxygen atoms in total. The Bertz CT molecular complexity index is 1780. The van der Waals surface area contributed by atoms with Crippen molar-refractivity contribution < 1.29 is 58.8 Å². The molecule has 6 rings (SSSR count). The second-order valence-electron chi connectivity index (χ2n) is 27.7. The van der Waals surface area contributed by atoms with Gasteiger partial charge in [0.1, 0.15) is 18.3 Å². The van der Waals surface area contributed by atoms with Gasteiger partial charge in [-0.1, -0.05) is 20.8 Å². The molecular formula is C63H117N2O12P. The molecule has 5 N–H and O–H groups in total. The van der Waals surface area contributed by atoms with E-state index in [1.807, 2.05) is 46.7 Å². The molecular weight excluding hydrogens is 1010 g/mol. The Kier molecular flexibility index (Phi) is 24.7. The predicted molar refractivity (Wildman–Crippen MR) is 313 cm³/mol. The van der Waals surface area contributed by atoms with Crippen molar-refractivity contribution in [3.05, 3.63) is 0 Å². The molecule has 6 aliphatic rings. The van der Waals surface area contributed by atoms with Crippen molar-refractivity contribution in [1.29, 1.82) is 0 Å². The Hall–Kier alpha value is -1.03. The van der Waals surface area contributed by atoms with Gasteiger partial charge in [0.15, 0.2) is 6.29 Å². The van der Waals surface area contributed by atoms with E-state index in [9.17, 15) is 35.1 Å². The number of ether oxygens (including phenoxy) is 5. The molecule has 3 heterocycles. The normalized spacial score (nSPS) is 41.5. The van der Waals surface area contributed by atoms with Crippen LogP contribution >= 0.6 is 7.26 Å². The number of likely N-dealkylation sites (N-methyl/N-ethyl adjacent to an activating group) is 1. The number of hydrogen-bond acceptors (Lipinski definition) is 13. The van der Waals surface area contributed by atoms with E-state index in [-0.39, 0.29) is 49.8 Å². The van der Waals surface area contributed by atoms with Crippen LogP contribution in [0.1, 0.15) is 230 Å². The van der Waals surface area contributed by atoms with Crippen LogP contribution in [0.15, 0.2) is 0 Å². The second kappa shape index (κ2) is 29.2. The number of methoxy groups -OCH3 is 1. The van der Waals surface area contributed by atoms with Gasteiger partial charge < -0.3 is 49.0 Å². The van der Waals surface area contributed by atoms with Gasteiger partial charge in [-0.05, 0) is 67.5 Å². The number of aliphatic hydroxyl groups is 5. The Morgan fingerprint density at radius 3 is 1.82 bits per heavy atom. The number of nitrogens with zero attached hydrogens (tertiary/aromatic N) is 2. The third-order valence-electron chi connectivity index (χ3n) is 21.7. The van der Waals surface area contributed by atoms with Crippen LogP contribution in [-0.2, 0) is 33.3 Å². The van der Waals surface area contributed by atoms with E-state index in [1.54, 1.807) is 46.6 Å². The molecule has 0 bridgehead atoms. The van der Waals surface area contributed by atoms with Crippen LogP contribution in [0.3, 0.4) is 0 Å². The number of rotatable bonds is 17. The van der Waals surface area contributed by atoms with Crippen LogP contribution in [0.25, 0.3) is 0 Å². The maximum atomic E-state index is 14.9. The summed E-state index contributed by atoms with van der Waals surface area (Å²) in [7, 11) is 3.82. The maximum absolute atomic E-state index is 14.9. The minimum absolute atomic E-state index is 0.124. The van der Waals surface area contributed by atoms with E-state index in [1.165, 1.54) is 122 Å². The van der Waals surface area contributed by atoms with Gasteiger partial charge in [0, 0.05) is 25.5 Å². The fourth-order valence-corrected chi connectivity index (χ4v) is 25.8. The summed E-state index contributed by atoms with van der Waals surface area (Å²) in [6.07, 6.45) is 21.4. The van der Waals surface area contributed by atoms with Gasteiger partial charge in [-0.25, -0.2) is 0 Å². The number of unbranched alkanes of at least 4 members (excludes halogenated alkanes) is 4. The number of cyclic esters (lactones) is 1. The summed E-state index contributed by atoms with van der Waals surface area (Å²) in [5.74, 6) is -3.48. The summed E-state index contributed by atoms with van der Waals surface area (Å²) < 4.78 is 32.3. The first-order valence-corrected chi connectivity index (χ1v) is 34.4. The van der Waals surface area contributed by atoms with Gasteiger partial charge in [-0.2, -0.15) is 0 Å². The summed E-state index contributed by atoms with van der Waals surface area (Å²) >= 11 is 0. The average Bonchev–Trinajstić information content (AvgIpc) is 3.42. The summed E-state index contributed by atoms with van der Waals surface area (Å²) in [6.45, 7) is 18.1. The molecule has 0 aromatic rings. The summed E-state index contributed by atoms with van der Waals surface area (Å²) in [5, 5.41) is 61.1. The molecule has 1 unspecified atom stereocenters. The molecule has 0 aromatic carbocycles. The van der Waals surface area contributed by atoms with Crippen molar-refractivity contribution >= 4 is 19.1 Å². The Morgan fingerprint density at radius 1 is 0.756 bits per heavy atom. The number of carbonyl (C=O) groups excluding carboxylic acids is 2. The van der Waals surface area contributed by atoms with E-state index in [0.717, 1.165) is 36.2 Å². The van der Waals surface area contributed by atoms with Gasteiger partial charge in [0.05, 0.1) is 41.5 Å². The first kappa shape index (κ1) is 66.1. The quantitative estimate of drug-likeness (QED) is 0.0527. The molecule has 0 spiro atoms. The van der Waals surface area contributed by atoms with E-state index in [4.69, 9.17) is 23.7 Å². The van der Waals surface area contributed by atoms with Crippen molar-refractivity contribution in [1.82, 2.24) is 9.80 Å². The molecule has 3 saturated carbocycles. The summed E-state index contributed by atoms with van der Waals surface area (Å²) in [6, 6.07) is -1.18. The smallest absolute Gasteiger partial charge is 0.383 e. The molecule has 3 aliphatic carbocycles. The first-order chi connectivity index (χ1) is 36.8. The molecule has 1 amide bonds. The molecule has 0 radical (unpaired) electrons. The van der Waals surface area contributed by atoms with Gasteiger partial charge in [-0.15, -0.1) is 0 Å². The minimum atomic E-state index is -1.96. The average molecular weight is 1130 g/mol. The zero-order valence-corrected chi connectivity index (χ0v) is 52.5. The third kappa shape index (κ3) is 15.4.